The second kappa shape index (κ2) is 11.9. The molecule has 2 N–H and O–H groups in total. The summed E-state index contributed by atoms with van der Waals surface area (Å²) in [4.78, 5) is 55.0. The number of hydrogen-bond donors (Lipinski definition) is 2. The van der Waals surface area contributed by atoms with Crippen LogP contribution in [0.3, 0.4) is 0 Å². The third kappa shape index (κ3) is 5.08. The van der Waals surface area contributed by atoms with Crippen molar-refractivity contribution in [3.8, 4) is 0 Å². The highest BCUT2D eigenvalue weighted by Gasteiger charge is 2.34. The maximum Gasteiger partial charge on any atom is 0.196 e. The van der Waals surface area contributed by atoms with Gasteiger partial charge in [-0.2, -0.15) is 0 Å². The van der Waals surface area contributed by atoms with Crippen LogP contribution in [0.15, 0.2) is 146 Å². The lowest BCUT2D eigenvalue weighted by Crippen LogP contribution is -2.23. The SMILES string of the molecule is O=C(c1ccccc1)c1ccccc1Nc1cccc2c1C(=O)c1cccc(Nc3ccccc3C(=O)c3ccccc3)c1C2=O. The predicted molar refractivity (Wildman–Crippen MR) is 179 cm³/mol. The molecular formula is C40H26N2O4. The smallest absolute Gasteiger partial charge is 0.196 e. The van der Waals surface area contributed by atoms with Gasteiger partial charge < -0.3 is 10.6 Å². The lowest BCUT2D eigenvalue weighted by Gasteiger charge is -2.24. The van der Waals surface area contributed by atoms with E-state index in [1.54, 1.807) is 133 Å². The summed E-state index contributed by atoms with van der Waals surface area (Å²) in [6.45, 7) is 0. The van der Waals surface area contributed by atoms with Crippen LogP contribution in [0.4, 0.5) is 22.7 Å². The second-order valence-corrected chi connectivity index (χ2v) is 10.8. The summed E-state index contributed by atoms with van der Waals surface area (Å²) < 4.78 is 0. The van der Waals surface area contributed by atoms with Gasteiger partial charge in [0.2, 0.25) is 0 Å². The Morgan fingerprint density at radius 3 is 1.13 bits per heavy atom. The molecule has 0 unspecified atom stereocenters. The van der Waals surface area contributed by atoms with Crippen LogP contribution in [0.5, 0.6) is 0 Å². The van der Waals surface area contributed by atoms with Crippen molar-refractivity contribution < 1.29 is 19.2 Å². The van der Waals surface area contributed by atoms with Gasteiger partial charge in [0.05, 0.1) is 22.5 Å². The first kappa shape index (κ1) is 28.4. The van der Waals surface area contributed by atoms with E-state index in [-0.39, 0.29) is 45.4 Å². The molecule has 1 aliphatic carbocycles. The van der Waals surface area contributed by atoms with E-state index in [0.29, 0.717) is 45.0 Å². The molecule has 220 valence electrons. The third-order valence-electron chi connectivity index (χ3n) is 8.03. The van der Waals surface area contributed by atoms with Crippen LogP contribution in [0.1, 0.15) is 63.7 Å². The van der Waals surface area contributed by atoms with E-state index in [9.17, 15) is 19.2 Å². The Morgan fingerprint density at radius 2 is 0.717 bits per heavy atom. The molecule has 1 aliphatic rings. The fraction of sp³-hybridized carbons (Fsp3) is 0. The summed E-state index contributed by atoms with van der Waals surface area (Å²) >= 11 is 0. The van der Waals surface area contributed by atoms with Crippen LogP contribution in [0.25, 0.3) is 0 Å². The Hall–Kier alpha value is -6.40. The van der Waals surface area contributed by atoms with Crippen molar-refractivity contribution in [2.75, 3.05) is 10.6 Å². The molecule has 46 heavy (non-hydrogen) atoms. The zero-order valence-corrected chi connectivity index (χ0v) is 24.5. The van der Waals surface area contributed by atoms with E-state index < -0.39 is 0 Å². The van der Waals surface area contributed by atoms with Crippen molar-refractivity contribution in [2.24, 2.45) is 0 Å². The maximum atomic E-state index is 14.1. The van der Waals surface area contributed by atoms with Crippen LogP contribution < -0.4 is 10.6 Å². The Labute approximate surface area is 265 Å². The zero-order chi connectivity index (χ0) is 31.6. The molecule has 7 rings (SSSR count). The van der Waals surface area contributed by atoms with Gasteiger partial charge in [0.15, 0.2) is 23.1 Å². The summed E-state index contributed by atoms with van der Waals surface area (Å²) in [5.74, 6) is -0.972. The molecule has 0 saturated carbocycles. The topological polar surface area (TPSA) is 92.3 Å². The van der Waals surface area contributed by atoms with Crippen molar-refractivity contribution >= 4 is 45.9 Å². The number of hydrogen-bond acceptors (Lipinski definition) is 6. The molecule has 6 aromatic carbocycles. The molecule has 0 atom stereocenters. The van der Waals surface area contributed by atoms with Crippen LogP contribution in [-0.2, 0) is 0 Å². The number of rotatable bonds is 8. The van der Waals surface area contributed by atoms with Gasteiger partial charge in [0, 0.05) is 44.8 Å². The number of benzene rings is 6. The molecule has 0 spiro atoms. The third-order valence-corrected chi connectivity index (χ3v) is 8.03. The number of nitrogens with one attached hydrogen (secondary N) is 2. The quantitative estimate of drug-likeness (QED) is 0.171. The van der Waals surface area contributed by atoms with E-state index in [4.69, 9.17) is 0 Å². The molecule has 0 aliphatic heterocycles. The highest BCUT2D eigenvalue weighted by atomic mass is 16.1. The molecule has 0 bridgehead atoms. The van der Waals surface area contributed by atoms with E-state index in [1.807, 2.05) is 12.1 Å². The number of anilines is 4. The van der Waals surface area contributed by atoms with E-state index in [0.717, 1.165) is 0 Å². The van der Waals surface area contributed by atoms with Crippen molar-refractivity contribution in [3.63, 3.8) is 0 Å². The molecule has 0 amide bonds. The van der Waals surface area contributed by atoms with E-state index in [1.165, 1.54) is 0 Å². The van der Waals surface area contributed by atoms with Gasteiger partial charge in [0.1, 0.15) is 0 Å². The van der Waals surface area contributed by atoms with Gasteiger partial charge in [0.25, 0.3) is 0 Å². The fourth-order valence-electron chi connectivity index (χ4n) is 5.81. The van der Waals surface area contributed by atoms with Crippen molar-refractivity contribution in [1.82, 2.24) is 0 Å². The minimum Gasteiger partial charge on any atom is -0.354 e. The highest BCUT2D eigenvalue weighted by molar-refractivity contribution is 6.32. The average Bonchev–Trinajstić information content (AvgIpc) is 3.11. The summed E-state index contributed by atoms with van der Waals surface area (Å²) in [6.07, 6.45) is 0. The Bertz CT molecular complexity index is 2020. The number of ketones is 4. The van der Waals surface area contributed by atoms with Crippen LogP contribution >= 0.6 is 0 Å². The Kier molecular flexibility index (Phi) is 7.37. The lowest BCUT2D eigenvalue weighted by atomic mass is 9.82. The summed E-state index contributed by atoms with van der Waals surface area (Å²) in [6, 6.07) is 42.3. The first-order valence-corrected chi connectivity index (χ1v) is 14.8. The molecule has 0 fully saturated rings. The maximum absolute atomic E-state index is 14.1. The lowest BCUT2D eigenvalue weighted by molar-refractivity contribution is 0.0980. The monoisotopic (exact) mass is 598 g/mol. The van der Waals surface area contributed by atoms with Crippen molar-refractivity contribution in [3.05, 3.63) is 190 Å². The average molecular weight is 599 g/mol. The molecule has 0 aromatic heterocycles. The number of carbonyl (C=O) groups is 4. The van der Waals surface area contributed by atoms with Crippen LogP contribution in [-0.4, -0.2) is 23.1 Å². The number of para-hydroxylation sites is 2. The normalized spacial score (nSPS) is 11.7. The van der Waals surface area contributed by atoms with Crippen LogP contribution in [0.2, 0.25) is 0 Å². The summed E-state index contributed by atoms with van der Waals surface area (Å²) in [5.41, 5.74) is 4.81. The molecular weight excluding hydrogens is 572 g/mol. The first-order valence-electron chi connectivity index (χ1n) is 14.8. The van der Waals surface area contributed by atoms with E-state index >= 15 is 0 Å². The zero-order valence-electron chi connectivity index (χ0n) is 24.5. The van der Waals surface area contributed by atoms with Crippen molar-refractivity contribution in [1.29, 1.82) is 0 Å². The fourth-order valence-corrected chi connectivity index (χ4v) is 5.81. The second-order valence-electron chi connectivity index (χ2n) is 10.8. The molecule has 0 saturated heterocycles. The minimum atomic E-state index is -0.322. The van der Waals surface area contributed by atoms with Gasteiger partial charge in [-0.3, -0.25) is 19.2 Å². The van der Waals surface area contributed by atoms with Gasteiger partial charge >= 0.3 is 0 Å². The van der Waals surface area contributed by atoms with Gasteiger partial charge in [-0.25, -0.2) is 0 Å². The Balaban J connectivity index is 1.25. The summed E-state index contributed by atoms with van der Waals surface area (Å²) in [5, 5.41) is 6.55. The molecule has 6 heteroatoms. The predicted octanol–water partition coefficient (Wildman–Crippen LogP) is 8.41. The van der Waals surface area contributed by atoms with Gasteiger partial charge in [-0.1, -0.05) is 109 Å². The standard InChI is InChI=1S/C40H26N2O4/c43-37(25-13-3-1-4-14-25)27-17-7-9-21-31(27)41-33-23-11-19-29-35(33)39(45)30-20-12-24-34(36(30)40(29)46)42-32-22-10-8-18-28(32)38(44)26-15-5-2-6-16-26/h1-24,41-42H. The largest absolute Gasteiger partial charge is 0.354 e. The molecule has 6 nitrogen and oxygen atoms in total. The summed E-state index contributed by atoms with van der Waals surface area (Å²) in [7, 11) is 0. The molecule has 0 heterocycles. The van der Waals surface area contributed by atoms with Gasteiger partial charge in [-0.05, 0) is 36.4 Å². The first-order chi connectivity index (χ1) is 22.5. The van der Waals surface area contributed by atoms with Crippen LogP contribution in [0, 0.1) is 0 Å². The number of carbonyl (C=O) groups excluding carboxylic acids is 4. The molecule has 0 radical (unpaired) electrons. The molecule has 6 aromatic rings. The minimum absolute atomic E-state index is 0.164. The number of fused-ring (bicyclic) bond motifs is 2. The van der Waals surface area contributed by atoms with E-state index in [2.05, 4.69) is 10.6 Å². The Morgan fingerprint density at radius 1 is 0.370 bits per heavy atom. The van der Waals surface area contributed by atoms with Gasteiger partial charge in [-0.15, -0.1) is 0 Å². The van der Waals surface area contributed by atoms with Crippen molar-refractivity contribution in [2.45, 2.75) is 0 Å². The highest BCUT2D eigenvalue weighted by Crippen LogP contribution is 2.38.